The van der Waals surface area contributed by atoms with E-state index in [9.17, 15) is 21.6 Å². The van der Waals surface area contributed by atoms with Crippen LogP contribution in [0.1, 0.15) is 5.56 Å². The summed E-state index contributed by atoms with van der Waals surface area (Å²) in [6.07, 6.45) is 0. The number of rotatable bonds is 3. The molecule has 112 valence electrons. The monoisotopic (exact) mass is 379 g/mol. The molecule has 1 N–H and O–H groups in total. The quantitative estimate of drug-likeness (QED) is 0.876. The first-order valence-electron chi connectivity index (χ1n) is 5.64. The zero-order valence-electron chi connectivity index (χ0n) is 10.6. The summed E-state index contributed by atoms with van der Waals surface area (Å²) in [7, 11) is -4.51. The molecule has 0 aromatic heterocycles. The van der Waals surface area contributed by atoms with Crippen LogP contribution in [0.25, 0.3) is 0 Å². The number of benzene rings is 2. The van der Waals surface area contributed by atoms with E-state index < -0.39 is 32.4 Å². The normalized spacial score (nSPS) is 11.5. The summed E-state index contributed by atoms with van der Waals surface area (Å²) >= 11 is 3.21. The van der Waals surface area contributed by atoms with Gasteiger partial charge in [0.25, 0.3) is 10.0 Å². The van der Waals surface area contributed by atoms with Crippen LogP contribution in [0.2, 0.25) is 0 Å². The summed E-state index contributed by atoms with van der Waals surface area (Å²) < 4.78 is 66.9. The molecule has 0 radical (unpaired) electrons. The van der Waals surface area contributed by atoms with Crippen molar-refractivity contribution in [1.29, 1.82) is 0 Å². The average molecular weight is 380 g/mol. The Morgan fingerprint density at radius 1 is 1.05 bits per heavy atom. The molecule has 2 aromatic rings. The van der Waals surface area contributed by atoms with Gasteiger partial charge < -0.3 is 0 Å². The number of hydrogen-bond acceptors (Lipinski definition) is 2. The molecule has 0 amide bonds. The Morgan fingerprint density at radius 2 is 1.62 bits per heavy atom. The highest BCUT2D eigenvalue weighted by Gasteiger charge is 2.25. The molecular weight excluding hydrogens is 371 g/mol. The van der Waals surface area contributed by atoms with Crippen molar-refractivity contribution in [2.24, 2.45) is 0 Å². The Labute approximate surface area is 128 Å². The van der Waals surface area contributed by atoms with Crippen molar-refractivity contribution in [2.75, 3.05) is 4.72 Å². The van der Waals surface area contributed by atoms with Gasteiger partial charge in [-0.3, -0.25) is 4.72 Å². The number of aryl methyl sites for hydroxylation is 1. The van der Waals surface area contributed by atoms with Gasteiger partial charge in [0.1, 0.15) is 17.5 Å². The first-order valence-corrected chi connectivity index (χ1v) is 7.92. The van der Waals surface area contributed by atoms with Crippen LogP contribution in [0.5, 0.6) is 0 Å². The summed E-state index contributed by atoms with van der Waals surface area (Å²) in [5.74, 6) is -4.17. The van der Waals surface area contributed by atoms with E-state index in [0.29, 0.717) is 17.7 Å². The Bertz CT molecular complexity index is 786. The molecule has 0 aliphatic rings. The van der Waals surface area contributed by atoms with Gasteiger partial charge in [-0.15, -0.1) is 0 Å². The predicted octanol–water partition coefficient (Wildman–Crippen LogP) is 3.98. The van der Waals surface area contributed by atoms with Gasteiger partial charge in [0.05, 0.1) is 5.69 Å². The van der Waals surface area contributed by atoms with Gasteiger partial charge in [0.15, 0.2) is 4.90 Å². The molecule has 0 fully saturated rings. The fraction of sp³-hybridized carbons (Fsp3) is 0.0769. The first kappa shape index (κ1) is 15.8. The maximum Gasteiger partial charge on any atom is 0.267 e. The van der Waals surface area contributed by atoms with E-state index in [4.69, 9.17) is 0 Å². The van der Waals surface area contributed by atoms with Gasteiger partial charge >= 0.3 is 0 Å². The van der Waals surface area contributed by atoms with E-state index in [2.05, 4.69) is 20.7 Å². The maximum absolute atomic E-state index is 13.6. The average Bonchev–Trinajstić information content (AvgIpc) is 2.30. The molecular formula is C13H9BrF3NO2S. The van der Waals surface area contributed by atoms with E-state index in [-0.39, 0.29) is 5.69 Å². The number of hydrogen-bond donors (Lipinski definition) is 1. The molecule has 0 saturated carbocycles. The van der Waals surface area contributed by atoms with Gasteiger partial charge in [-0.25, -0.2) is 21.6 Å². The summed E-state index contributed by atoms with van der Waals surface area (Å²) in [6, 6.07) is 5.27. The molecule has 0 bridgehead atoms. The van der Waals surface area contributed by atoms with Crippen molar-refractivity contribution in [3.8, 4) is 0 Å². The number of halogens is 4. The van der Waals surface area contributed by atoms with E-state index in [1.54, 1.807) is 19.1 Å². The fourth-order valence-electron chi connectivity index (χ4n) is 1.72. The molecule has 0 aliphatic heterocycles. The fourth-order valence-corrected chi connectivity index (χ4v) is 3.45. The molecule has 0 unspecified atom stereocenters. The zero-order valence-corrected chi connectivity index (χ0v) is 13.0. The predicted molar refractivity (Wildman–Crippen MR) is 76.0 cm³/mol. The van der Waals surface area contributed by atoms with Crippen molar-refractivity contribution in [1.82, 2.24) is 0 Å². The lowest BCUT2D eigenvalue weighted by Crippen LogP contribution is -2.17. The molecule has 0 spiro atoms. The number of anilines is 1. The van der Waals surface area contributed by atoms with Crippen LogP contribution < -0.4 is 4.72 Å². The number of sulfonamides is 1. The SMILES string of the molecule is Cc1cc(Br)ccc1NS(=O)(=O)c1c(F)cc(F)cc1F. The minimum Gasteiger partial charge on any atom is -0.279 e. The lowest BCUT2D eigenvalue weighted by molar-refractivity contribution is 0.498. The standard InChI is InChI=1S/C13H9BrF3NO2S/c1-7-4-8(14)2-3-12(7)18-21(19,20)13-10(16)5-9(15)6-11(13)17/h2-6,18H,1H3. The van der Waals surface area contributed by atoms with Crippen LogP contribution in [0, 0.1) is 24.4 Å². The van der Waals surface area contributed by atoms with Crippen LogP contribution in [-0.4, -0.2) is 8.42 Å². The molecule has 3 nitrogen and oxygen atoms in total. The molecule has 0 aliphatic carbocycles. The maximum atomic E-state index is 13.6. The molecule has 21 heavy (non-hydrogen) atoms. The smallest absolute Gasteiger partial charge is 0.267 e. The third-order valence-electron chi connectivity index (χ3n) is 2.66. The van der Waals surface area contributed by atoms with E-state index in [1.165, 1.54) is 6.07 Å². The lowest BCUT2D eigenvalue weighted by Gasteiger charge is -2.12. The first-order chi connectivity index (χ1) is 9.70. The topological polar surface area (TPSA) is 46.2 Å². The van der Waals surface area contributed by atoms with E-state index in [0.717, 1.165) is 4.47 Å². The van der Waals surface area contributed by atoms with Gasteiger partial charge in [-0.1, -0.05) is 15.9 Å². The third-order valence-corrected chi connectivity index (χ3v) is 4.57. The van der Waals surface area contributed by atoms with Gasteiger partial charge in [-0.05, 0) is 30.7 Å². The van der Waals surface area contributed by atoms with Crippen molar-refractivity contribution >= 4 is 31.6 Å². The van der Waals surface area contributed by atoms with Crippen LogP contribution in [0.3, 0.4) is 0 Å². The van der Waals surface area contributed by atoms with Crippen molar-refractivity contribution < 1.29 is 21.6 Å². The van der Waals surface area contributed by atoms with E-state index >= 15 is 0 Å². The Kier molecular flexibility index (Phi) is 4.29. The Balaban J connectivity index is 2.48. The third kappa shape index (κ3) is 3.38. The summed E-state index contributed by atoms with van der Waals surface area (Å²) in [5, 5.41) is 0. The summed E-state index contributed by atoms with van der Waals surface area (Å²) in [5.41, 5.74) is 0.720. The highest BCUT2D eigenvalue weighted by Crippen LogP contribution is 2.26. The van der Waals surface area contributed by atoms with Crippen molar-refractivity contribution in [3.63, 3.8) is 0 Å². The van der Waals surface area contributed by atoms with Gasteiger partial charge in [-0.2, -0.15) is 0 Å². The van der Waals surface area contributed by atoms with Gasteiger partial charge in [0.2, 0.25) is 0 Å². The molecule has 0 atom stereocenters. The van der Waals surface area contributed by atoms with E-state index in [1.807, 2.05) is 0 Å². The molecule has 2 aromatic carbocycles. The zero-order chi connectivity index (χ0) is 15.8. The molecule has 0 saturated heterocycles. The second-order valence-electron chi connectivity index (χ2n) is 4.26. The highest BCUT2D eigenvalue weighted by atomic mass is 79.9. The molecule has 0 heterocycles. The molecule has 8 heteroatoms. The lowest BCUT2D eigenvalue weighted by atomic mass is 10.2. The Morgan fingerprint density at radius 3 is 2.14 bits per heavy atom. The second-order valence-corrected chi connectivity index (χ2v) is 6.80. The van der Waals surface area contributed by atoms with Crippen LogP contribution >= 0.6 is 15.9 Å². The van der Waals surface area contributed by atoms with Crippen molar-refractivity contribution in [2.45, 2.75) is 11.8 Å². The molecule has 2 rings (SSSR count). The highest BCUT2D eigenvalue weighted by molar-refractivity contribution is 9.10. The van der Waals surface area contributed by atoms with Crippen LogP contribution in [-0.2, 0) is 10.0 Å². The largest absolute Gasteiger partial charge is 0.279 e. The van der Waals surface area contributed by atoms with Crippen molar-refractivity contribution in [3.05, 3.63) is 57.8 Å². The minimum absolute atomic E-state index is 0.168. The number of nitrogens with one attached hydrogen (secondary N) is 1. The summed E-state index contributed by atoms with van der Waals surface area (Å²) in [4.78, 5) is -1.22. The van der Waals surface area contributed by atoms with Crippen LogP contribution in [0.15, 0.2) is 39.7 Å². The van der Waals surface area contributed by atoms with Crippen LogP contribution in [0.4, 0.5) is 18.9 Å². The Hall–Kier alpha value is -1.54. The van der Waals surface area contributed by atoms with Gasteiger partial charge in [0, 0.05) is 16.6 Å². The summed E-state index contributed by atoms with van der Waals surface area (Å²) in [6.45, 7) is 1.62. The minimum atomic E-state index is -4.51. The second kappa shape index (κ2) is 5.69.